The molecule has 19 heavy (non-hydrogen) atoms. The Kier molecular flexibility index (Phi) is 5.29. The number of nitrogens with two attached hydrogens (primary N) is 1. The smallest absolute Gasteiger partial charge is 0.0449 e. The average Bonchev–Trinajstić information content (AvgIpc) is 2.88. The lowest BCUT2D eigenvalue weighted by atomic mass is 9.74. The molecule has 1 aromatic carbocycles. The molecule has 1 unspecified atom stereocenters. The molecule has 1 aliphatic carbocycles. The summed E-state index contributed by atoms with van der Waals surface area (Å²) in [6.07, 6.45) is 7.26. The van der Waals surface area contributed by atoms with Crippen LogP contribution in [0.1, 0.15) is 44.6 Å². The van der Waals surface area contributed by atoms with Crippen molar-refractivity contribution in [3.63, 3.8) is 0 Å². The van der Waals surface area contributed by atoms with Crippen molar-refractivity contribution in [2.24, 2.45) is 11.3 Å². The summed E-state index contributed by atoms with van der Waals surface area (Å²) in [4.78, 5) is 0. The summed E-state index contributed by atoms with van der Waals surface area (Å²) in [6.45, 7) is 2.28. The first-order valence-corrected chi connectivity index (χ1v) is 8.18. The number of hydrogen-bond donors (Lipinski definition) is 2. The standard InChI is InChI=1S/C15H22BrClN2/c1-2-15(7-3-4-8-15)14(19-18)9-11-5-6-12(16)10-13(11)17/h5-6,10,14,19H,2-4,7-9,18H2,1H3. The van der Waals surface area contributed by atoms with E-state index in [1.54, 1.807) is 0 Å². The first kappa shape index (κ1) is 15.3. The van der Waals surface area contributed by atoms with Gasteiger partial charge < -0.3 is 0 Å². The Morgan fingerprint density at radius 3 is 2.63 bits per heavy atom. The molecule has 0 radical (unpaired) electrons. The lowest BCUT2D eigenvalue weighted by Gasteiger charge is -2.37. The Morgan fingerprint density at radius 1 is 1.42 bits per heavy atom. The van der Waals surface area contributed by atoms with E-state index in [4.69, 9.17) is 17.4 Å². The van der Waals surface area contributed by atoms with Crippen LogP contribution in [0, 0.1) is 5.41 Å². The minimum Gasteiger partial charge on any atom is -0.271 e. The van der Waals surface area contributed by atoms with E-state index >= 15 is 0 Å². The van der Waals surface area contributed by atoms with Gasteiger partial charge in [-0.1, -0.05) is 53.4 Å². The zero-order chi connectivity index (χ0) is 13.9. The van der Waals surface area contributed by atoms with Crippen LogP contribution >= 0.6 is 27.5 Å². The molecule has 3 N–H and O–H groups in total. The zero-order valence-corrected chi connectivity index (χ0v) is 13.7. The molecule has 0 aliphatic heterocycles. The number of nitrogens with one attached hydrogen (secondary N) is 1. The minimum atomic E-state index is 0.304. The fourth-order valence-electron chi connectivity index (χ4n) is 3.39. The van der Waals surface area contributed by atoms with E-state index in [0.717, 1.165) is 15.9 Å². The zero-order valence-electron chi connectivity index (χ0n) is 11.4. The van der Waals surface area contributed by atoms with Gasteiger partial charge in [0.1, 0.15) is 0 Å². The first-order chi connectivity index (χ1) is 9.11. The van der Waals surface area contributed by atoms with Crippen LogP contribution in [0.2, 0.25) is 5.02 Å². The number of hydrogen-bond acceptors (Lipinski definition) is 2. The van der Waals surface area contributed by atoms with Crippen molar-refractivity contribution in [1.82, 2.24) is 5.43 Å². The molecule has 1 atom stereocenters. The molecule has 1 aliphatic rings. The van der Waals surface area contributed by atoms with Crippen LogP contribution in [-0.4, -0.2) is 6.04 Å². The second kappa shape index (κ2) is 6.57. The normalized spacial score (nSPS) is 19.6. The summed E-state index contributed by atoms with van der Waals surface area (Å²) in [5.41, 5.74) is 4.57. The third-order valence-corrected chi connectivity index (χ3v) is 5.53. The Labute approximate surface area is 129 Å². The van der Waals surface area contributed by atoms with Crippen molar-refractivity contribution >= 4 is 27.5 Å². The predicted octanol–water partition coefficient (Wildman–Crippen LogP) is 4.45. The molecule has 1 fully saturated rings. The van der Waals surface area contributed by atoms with Crippen molar-refractivity contribution < 1.29 is 0 Å². The van der Waals surface area contributed by atoms with Crippen molar-refractivity contribution in [2.45, 2.75) is 51.5 Å². The largest absolute Gasteiger partial charge is 0.271 e. The van der Waals surface area contributed by atoms with Crippen LogP contribution in [0.4, 0.5) is 0 Å². The van der Waals surface area contributed by atoms with E-state index in [2.05, 4.69) is 34.3 Å². The second-order valence-corrected chi connectivity index (χ2v) is 6.91. The maximum Gasteiger partial charge on any atom is 0.0449 e. The molecule has 0 saturated heterocycles. The van der Waals surface area contributed by atoms with E-state index in [1.807, 2.05) is 12.1 Å². The lowest BCUT2D eigenvalue weighted by Crippen LogP contribution is -2.48. The van der Waals surface area contributed by atoms with Gasteiger partial charge in [0.25, 0.3) is 0 Å². The summed E-state index contributed by atoms with van der Waals surface area (Å²) in [5.74, 6) is 5.84. The SMILES string of the molecule is CCC1(C(Cc2ccc(Br)cc2Cl)NN)CCCC1. The van der Waals surface area contributed by atoms with Gasteiger partial charge in [-0.05, 0) is 48.8 Å². The highest BCUT2D eigenvalue weighted by Crippen LogP contribution is 2.44. The molecule has 106 valence electrons. The molecule has 4 heteroatoms. The van der Waals surface area contributed by atoms with Crippen molar-refractivity contribution in [1.29, 1.82) is 0 Å². The molecule has 0 heterocycles. The molecule has 0 amide bonds. The molecular weight excluding hydrogens is 324 g/mol. The van der Waals surface area contributed by atoms with Gasteiger partial charge in [0.15, 0.2) is 0 Å². The van der Waals surface area contributed by atoms with Crippen LogP contribution in [-0.2, 0) is 6.42 Å². The van der Waals surface area contributed by atoms with E-state index in [9.17, 15) is 0 Å². The average molecular weight is 346 g/mol. The molecule has 0 bridgehead atoms. The number of benzene rings is 1. The second-order valence-electron chi connectivity index (χ2n) is 5.58. The van der Waals surface area contributed by atoms with Gasteiger partial charge in [0.2, 0.25) is 0 Å². The number of halogens is 2. The summed E-state index contributed by atoms with van der Waals surface area (Å²) >= 11 is 9.77. The van der Waals surface area contributed by atoms with E-state index in [1.165, 1.54) is 37.7 Å². The van der Waals surface area contributed by atoms with Crippen LogP contribution < -0.4 is 11.3 Å². The quantitative estimate of drug-likeness (QED) is 0.611. The number of rotatable bonds is 5. The van der Waals surface area contributed by atoms with Gasteiger partial charge in [-0.3, -0.25) is 11.3 Å². The van der Waals surface area contributed by atoms with Crippen molar-refractivity contribution in [3.05, 3.63) is 33.3 Å². The van der Waals surface area contributed by atoms with Gasteiger partial charge in [-0.2, -0.15) is 0 Å². The highest BCUT2D eigenvalue weighted by molar-refractivity contribution is 9.10. The molecule has 1 aromatic rings. The summed E-state index contributed by atoms with van der Waals surface area (Å²) in [6, 6.07) is 6.40. The highest BCUT2D eigenvalue weighted by atomic mass is 79.9. The Morgan fingerprint density at radius 2 is 2.11 bits per heavy atom. The maximum absolute atomic E-state index is 6.33. The summed E-state index contributed by atoms with van der Waals surface area (Å²) in [7, 11) is 0. The molecule has 0 aromatic heterocycles. The summed E-state index contributed by atoms with van der Waals surface area (Å²) in [5, 5.41) is 0.818. The van der Waals surface area contributed by atoms with Crippen LogP contribution in [0.3, 0.4) is 0 Å². The van der Waals surface area contributed by atoms with E-state index in [-0.39, 0.29) is 0 Å². The summed E-state index contributed by atoms with van der Waals surface area (Å²) < 4.78 is 1.02. The fraction of sp³-hybridized carbons (Fsp3) is 0.600. The van der Waals surface area contributed by atoms with Gasteiger partial charge in [-0.25, -0.2) is 0 Å². The maximum atomic E-state index is 6.33. The topological polar surface area (TPSA) is 38.0 Å². The van der Waals surface area contributed by atoms with Crippen LogP contribution in [0.5, 0.6) is 0 Å². The minimum absolute atomic E-state index is 0.304. The lowest BCUT2D eigenvalue weighted by molar-refractivity contribution is 0.185. The highest BCUT2D eigenvalue weighted by Gasteiger charge is 2.39. The Bertz CT molecular complexity index is 430. The monoisotopic (exact) mass is 344 g/mol. The Hall–Kier alpha value is -0.0900. The van der Waals surface area contributed by atoms with Gasteiger partial charge >= 0.3 is 0 Å². The molecular formula is C15H22BrClN2. The van der Waals surface area contributed by atoms with Gasteiger partial charge in [0, 0.05) is 15.5 Å². The predicted molar refractivity (Wildman–Crippen MR) is 85.2 cm³/mol. The third kappa shape index (κ3) is 3.33. The van der Waals surface area contributed by atoms with Crippen molar-refractivity contribution in [3.8, 4) is 0 Å². The van der Waals surface area contributed by atoms with E-state index in [0.29, 0.717) is 11.5 Å². The van der Waals surface area contributed by atoms with Crippen LogP contribution in [0.15, 0.2) is 22.7 Å². The molecule has 0 spiro atoms. The van der Waals surface area contributed by atoms with Gasteiger partial charge in [-0.15, -0.1) is 0 Å². The first-order valence-electron chi connectivity index (χ1n) is 7.01. The number of hydrazine groups is 1. The third-order valence-electron chi connectivity index (χ3n) is 4.68. The Balaban J connectivity index is 2.18. The van der Waals surface area contributed by atoms with E-state index < -0.39 is 0 Å². The van der Waals surface area contributed by atoms with Gasteiger partial charge in [0.05, 0.1) is 0 Å². The fourth-order valence-corrected chi connectivity index (χ4v) is 4.14. The van der Waals surface area contributed by atoms with Crippen molar-refractivity contribution in [2.75, 3.05) is 0 Å². The van der Waals surface area contributed by atoms with Crippen LogP contribution in [0.25, 0.3) is 0 Å². The molecule has 1 saturated carbocycles. The molecule has 2 rings (SSSR count). The molecule has 2 nitrogen and oxygen atoms in total.